The monoisotopic (exact) mass is 269 g/mol. The van der Waals surface area contributed by atoms with E-state index in [4.69, 9.17) is 19.9 Å². The van der Waals surface area contributed by atoms with Crippen LogP contribution in [0.2, 0.25) is 0 Å². The first-order valence-corrected chi connectivity index (χ1v) is 6.32. The number of hydrogen-bond donors (Lipinski definition) is 1. The lowest BCUT2D eigenvalue weighted by Crippen LogP contribution is -2.42. The highest BCUT2D eigenvalue weighted by molar-refractivity contribution is 5.55. The predicted molar refractivity (Wildman–Crippen MR) is 70.6 cm³/mol. The number of benzene rings is 1. The fraction of sp³-hybridized carbons (Fsp3) is 0.571. The molecule has 1 aliphatic rings. The largest absolute Gasteiger partial charge is 0.493 e. The molecule has 19 heavy (non-hydrogen) atoms. The van der Waals surface area contributed by atoms with E-state index < -0.39 is 5.82 Å². The van der Waals surface area contributed by atoms with E-state index in [1.807, 2.05) is 0 Å². The van der Waals surface area contributed by atoms with Crippen molar-refractivity contribution in [2.24, 2.45) is 5.73 Å². The fourth-order valence-electron chi connectivity index (χ4n) is 2.71. The first-order valence-electron chi connectivity index (χ1n) is 6.32. The Kier molecular flexibility index (Phi) is 3.85. The van der Waals surface area contributed by atoms with Crippen LogP contribution in [-0.2, 0) is 5.41 Å². The van der Waals surface area contributed by atoms with E-state index in [0.717, 1.165) is 24.8 Å². The van der Waals surface area contributed by atoms with E-state index in [2.05, 4.69) is 0 Å². The lowest BCUT2D eigenvalue weighted by Gasteiger charge is -2.42. The van der Waals surface area contributed by atoms with Gasteiger partial charge in [0.1, 0.15) is 0 Å². The van der Waals surface area contributed by atoms with Crippen LogP contribution >= 0.6 is 0 Å². The molecule has 106 valence electrons. The first-order chi connectivity index (χ1) is 9.13. The van der Waals surface area contributed by atoms with Gasteiger partial charge in [-0.3, -0.25) is 0 Å². The molecule has 1 saturated carbocycles. The standard InChI is InChI=1S/C14H20FNO3/c1-17-10-7-9(14(8-16)5-4-6-14)12(18-2)11(15)13(10)19-3/h7H,4-6,8,16H2,1-3H3. The third-order valence-electron chi connectivity index (χ3n) is 4.04. The van der Waals surface area contributed by atoms with Gasteiger partial charge >= 0.3 is 0 Å². The summed E-state index contributed by atoms with van der Waals surface area (Å²) >= 11 is 0. The summed E-state index contributed by atoms with van der Waals surface area (Å²) in [6.45, 7) is 0.471. The molecule has 0 unspecified atom stereocenters. The lowest BCUT2D eigenvalue weighted by atomic mass is 9.64. The van der Waals surface area contributed by atoms with E-state index in [1.54, 1.807) is 6.07 Å². The summed E-state index contributed by atoms with van der Waals surface area (Å²) in [6, 6.07) is 1.78. The van der Waals surface area contributed by atoms with E-state index >= 15 is 0 Å². The minimum Gasteiger partial charge on any atom is -0.493 e. The summed E-state index contributed by atoms with van der Waals surface area (Å²) in [5.74, 6) is 0.118. The van der Waals surface area contributed by atoms with Gasteiger partial charge in [0, 0.05) is 17.5 Å². The van der Waals surface area contributed by atoms with Crippen LogP contribution in [0.3, 0.4) is 0 Å². The smallest absolute Gasteiger partial charge is 0.210 e. The van der Waals surface area contributed by atoms with Crippen LogP contribution in [0.5, 0.6) is 17.2 Å². The van der Waals surface area contributed by atoms with Gasteiger partial charge < -0.3 is 19.9 Å². The molecule has 0 heterocycles. The summed E-state index contributed by atoms with van der Waals surface area (Å²) in [5.41, 5.74) is 6.46. The quantitative estimate of drug-likeness (QED) is 0.890. The Bertz CT molecular complexity index is 467. The molecule has 0 spiro atoms. The summed E-state index contributed by atoms with van der Waals surface area (Å²) in [6.07, 6.45) is 2.97. The molecule has 4 nitrogen and oxygen atoms in total. The number of ether oxygens (including phenoxy) is 3. The predicted octanol–water partition coefficient (Wildman–Crippen LogP) is 2.23. The Balaban J connectivity index is 2.63. The highest BCUT2D eigenvalue weighted by Crippen LogP contribution is 2.50. The Hall–Kier alpha value is -1.49. The van der Waals surface area contributed by atoms with Gasteiger partial charge in [0.25, 0.3) is 0 Å². The summed E-state index contributed by atoms with van der Waals surface area (Å²) in [7, 11) is 4.35. The van der Waals surface area contributed by atoms with Crippen LogP contribution in [0.15, 0.2) is 6.07 Å². The molecule has 0 atom stereocenters. The van der Waals surface area contributed by atoms with Gasteiger partial charge in [-0.25, -0.2) is 0 Å². The maximum atomic E-state index is 14.4. The van der Waals surface area contributed by atoms with Crippen molar-refractivity contribution in [2.75, 3.05) is 27.9 Å². The van der Waals surface area contributed by atoms with Crippen LogP contribution < -0.4 is 19.9 Å². The fourth-order valence-corrected chi connectivity index (χ4v) is 2.71. The van der Waals surface area contributed by atoms with Crippen molar-refractivity contribution >= 4 is 0 Å². The average Bonchev–Trinajstić information content (AvgIpc) is 2.37. The highest BCUT2D eigenvalue weighted by Gasteiger charge is 2.41. The molecule has 1 aromatic carbocycles. The normalized spacial score (nSPS) is 16.7. The minimum absolute atomic E-state index is 0.0644. The highest BCUT2D eigenvalue weighted by atomic mass is 19.1. The van der Waals surface area contributed by atoms with E-state index in [1.165, 1.54) is 21.3 Å². The zero-order valence-corrected chi connectivity index (χ0v) is 11.6. The van der Waals surface area contributed by atoms with Crippen LogP contribution in [0.25, 0.3) is 0 Å². The van der Waals surface area contributed by atoms with Crippen LogP contribution in [-0.4, -0.2) is 27.9 Å². The second-order valence-corrected chi connectivity index (χ2v) is 4.84. The maximum absolute atomic E-state index is 14.4. The summed E-state index contributed by atoms with van der Waals surface area (Å²) in [4.78, 5) is 0. The summed E-state index contributed by atoms with van der Waals surface area (Å²) in [5, 5.41) is 0. The van der Waals surface area contributed by atoms with Gasteiger partial charge in [-0.2, -0.15) is 4.39 Å². The van der Waals surface area contributed by atoms with Crippen molar-refractivity contribution in [2.45, 2.75) is 24.7 Å². The third kappa shape index (κ3) is 2.02. The van der Waals surface area contributed by atoms with Gasteiger partial charge in [0.05, 0.1) is 21.3 Å². The van der Waals surface area contributed by atoms with Gasteiger partial charge in [-0.15, -0.1) is 0 Å². The second kappa shape index (κ2) is 5.25. The molecule has 0 aromatic heterocycles. The Morgan fingerprint density at radius 3 is 2.16 bits per heavy atom. The van der Waals surface area contributed by atoms with Crippen molar-refractivity contribution < 1.29 is 18.6 Å². The van der Waals surface area contributed by atoms with E-state index in [-0.39, 0.29) is 16.9 Å². The number of hydrogen-bond acceptors (Lipinski definition) is 4. The average molecular weight is 269 g/mol. The molecule has 0 amide bonds. The van der Waals surface area contributed by atoms with Gasteiger partial charge in [0.2, 0.25) is 11.6 Å². The number of halogens is 1. The molecule has 0 saturated heterocycles. The van der Waals surface area contributed by atoms with E-state index in [0.29, 0.717) is 12.3 Å². The molecule has 1 aliphatic carbocycles. The number of rotatable bonds is 5. The van der Waals surface area contributed by atoms with Crippen LogP contribution in [0, 0.1) is 5.82 Å². The van der Waals surface area contributed by atoms with Crippen molar-refractivity contribution in [3.8, 4) is 17.2 Å². The van der Waals surface area contributed by atoms with E-state index in [9.17, 15) is 4.39 Å². The zero-order chi connectivity index (χ0) is 14.0. The molecule has 2 rings (SSSR count). The Morgan fingerprint density at radius 2 is 1.79 bits per heavy atom. The topological polar surface area (TPSA) is 53.7 Å². The number of nitrogens with two attached hydrogens (primary N) is 1. The Labute approximate surface area is 112 Å². The molecule has 0 aliphatic heterocycles. The van der Waals surface area contributed by atoms with Crippen LogP contribution in [0.1, 0.15) is 24.8 Å². The SMILES string of the molecule is COc1cc(C2(CN)CCC2)c(OC)c(F)c1OC. The van der Waals surface area contributed by atoms with Crippen molar-refractivity contribution in [1.29, 1.82) is 0 Å². The molecule has 2 N–H and O–H groups in total. The number of methoxy groups -OCH3 is 3. The second-order valence-electron chi connectivity index (χ2n) is 4.84. The van der Waals surface area contributed by atoms with Crippen molar-refractivity contribution in [3.05, 3.63) is 17.4 Å². The summed E-state index contributed by atoms with van der Waals surface area (Å²) < 4.78 is 29.9. The van der Waals surface area contributed by atoms with Crippen molar-refractivity contribution in [3.63, 3.8) is 0 Å². The first kappa shape index (κ1) is 13.9. The molecule has 0 radical (unpaired) electrons. The zero-order valence-electron chi connectivity index (χ0n) is 11.6. The molecular formula is C14H20FNO3. The molecule has 0 bridgehead atoms. The van der Waals surface area contributed by atoms with Crippen LogP contribution in [0.4, 0.5) is 4.39 Å². The van der Waals surface area contributed by atoms with Crippen molar-refractivity contribution in [1.82, 2.24) is 0 Å². The maximum Gasteiger partial charge on any atom is 0.210 e. The Morgan fingerprint density at radius 1 is 1.16 bits per heavy atom. The van der Waals surface area contributed by atoms with Gasteiger partial charge in [-0.1, -0.05) is 6.42 Å². The minimum atomic E-state index is -0.529. The molecule has 1 fully saturated rings. The van der Waals surface area contributed by atoms with Gasteiger partial charge in [0.15, 0.2) is 11.5 Å². The molecule has 5 heteroatoms. The molecular weight excluding hydrogens is 249 g/mol. The van der Waals surface area contributed by atoms with Gasteiger partial charge in [-0.05, 0) is 18.9 Å². The third-order valence-corrected chi connectivity index (χ3v) is 4.04. The molecule has 1 aromatic rings. The lowest BCUT2D eigenvalue weighted by molar-refractivity contribution is 0.236.